The molecular weight excluding hydrogens is 386 g/mol. The van der Waals surface area contributed by atoms with Gasteiger partial charge in [-0.2, -0.15) is 13.2 Å². The Morgan fingerprint density at radius 3 is 2.38 bits per heavy atom. The highest BCUT2D eigenvalue weighted by atomic mass is 19.4. The molecule has 0 atom stereocenters. The fourth-order valence-electron chi connectivity index (χ4n) is 4.21. The van der Waals surface area contributed by atoms with Crippen LogP contribution in [0.4, 0.5) is 22.4 Å². The molecule has 2 saturated heterocycles. The average Bonchev–Trinajstić information content (AvgIpc) is 2.61. The topological polar surface area (TPSA) is 35.6 Å². The fraction of sp³-hybridized carbons (Fsp3) is 0.381. The molecule has 154 valence electrons. The number of amides is 2. The first-order valence-corrected chi connectivity index (χ1v) is 9.39. The number of urea groups is 1. The normalized spacial score (nSPS) is 18.3. The van der Waals surface area contributed by atoms with E-state index in [9.17, 15) is 22.4 Å². The van der Waals surface area contributed by atoms with Crippen molar-refractivity contribution in [2.24, 2.45) is 5.41 Å². The molecule has 0 unspecified atom stereocenters. The second-order valence-corrected chi connectivity index (χ2v) is 7.94. The van der Waals surface area contributed by atoms with Gasteiger partial charge in [-0.05, 0) is 23.3 Å². The standard InChI is InChI=1S/C21H21F4N3O/c22-17-7-6-16(18(8-17)21(23,24)25)9-26-19(29)28-13-20(14-28)11-27(12-20)10-15-4-2-1-3-5-15/h1-8H,9-14H2,(H,26,29). The second-order valence-electron chi connectivity index (χ2n) is 7.94. The van der Waals surface area contributed by atoms with Gasteiger partial charge in [0, 0.05) is 44.7 Å². The molecule has 1 N–H and O–H groups in total. The largest absolute Gasteiger partial charge is 0.416 e. The van der Waals surface area contributed by atoms with E-state index in [1.54, 1.807) is 4.90 Å². The average molecular weight is 407 g/mol. The zero-order chi connectivity index (χ0) is 20.6. The van der Waals surface area contributed by atoms with Gasteiger partial charge in [-0.15, -0.1) is 0 Å². The lowest BCUT2D eigenvalue weighted by Crippen LogP contribution is -2.73. The Bertz CT molecular complexity index is 887. The Hall–Kier alpha value is -2.61. The van der Waals surface area contributed by atoms with Crippen LogP contribution < -0.4 is 5.32 Å². The first-order chi connectivity index (χ1) is 13.7. The number of hydrogen-bond acceptors (Lipinski definition) is 2. The van der Waals surface area contributed by atoms with Gasteiger partial charge in [-0.1, -0.05) is 36.4 Å². The quantitative estimate of drug-likeness (QED) is 0.781. The lowest BCUT2D eigenvalue weighted by molar-refractivity contribution is -0.138. The van der Waals surface area contributed by atoms with Crippen molar-refractivity contribution < 1.29 is 22.4 Å². The Morgan fingerprint density at radius 2 is 1.72 bits per heavy atom. The van der Waals surface area contributed by atoms with Gasteiger partial charge in [0.1, 0.15) is 5.82 Å². The van der Waals surface area contributed by atoms with Crippen molar-refractivity contribution in [3.8, 4) is 0 Å². The van der Waals surface area contributed by atoms with Crippen molar-refractivity contribution in [1.29, 1.82) is 0 Å². The van der Waals surface area contributed by atoms with Gasteiger partial charge in [0.2, 0.25) is 0 Å². The molecular formula is C21H21F4N3O. The van der Waals surface area contributed by atoms with Gasteiger partial charge in [0.15, 0.2) is 0 Å². The molecule has 2 aliphatic rings. The van der Waals surface area contributed by atoms with E-state index in [0.29, 0.717) is 19.2 Å². The maximum Gasteiger partial charge on any atom is 0.416 e. The number of benzene rings is 2. The van der Waals surface area contributed by atoms with Crippen molar-refractivity contribution in [1.82, 2.24) is 15.1 Å². The molecule has 1 spiro atoms. The number of halogens is 4. The Kier molecular flexibility index (Phi) is 4.98. The second kappa shape index (κ2) is 7.33. The van der Waals surface area contributed by atoms with Crippen molar-refractivity contribution in [2.75, 3.05) is 26.2 Å². The summed E-state index contributed by atoms with van der Waals surface area (Å²) in [6, 6.07) is 12.2. The molecule has 0 aromatic heterocycles. The van der Waals surface area contributed by atoms with Crippen LogP contribution in [0.3, 0.4) is 0 Å². The molecule has 2 aromatic rings. The molecule has 4 rings (SSSR count). The van der Waals surface area contributed by atoms with E-state index in [0.717, 1.165) is 31.8 Å². The molecule has 4 nitrogen and oxygen atoms in total. The van der Waals surface area contributed by atoms with Crippen molar-refractivity contribution in [3.63, 3.8) is 0 Å². The van der Waals surface area contributed by atoms with Crippen LogP contribution in [0, 0.1) is 11.2 Å². The molecule has 0 radical (unpaired) electrons. The summed E-state index contributed by atoms with van der Waals surface area (Å²) in [5, 5.41) is 2.52. The van der Waals surface area contributed by atoms with Crippen molar-refractivity contribution in [3.05, 3.63) is 71.0 Å². The SMILES string of the molecule is O=C(NCc1ccc(F)cc1C(F)(F)F)N1CC2(CN(Cc3ccccc3)C2)C1. The lowest BCUT2D eigenvalue weighted by Gasteiger charge is -2.60. The summed E-state index contributed by atoms with van der Waals surface area (Å²) in [6.07, 6.45) is -4.67. The number of hydrogen-bond donors (Lipinski definition) is 1. The molecule has 0 saturated carbocycles. The maximum absolute atomic E-state index is 13.2. The van der Waals surface area contributed by atoms with Gasteiger partial charge in [-0.3, -0.25) is 4.90 Å². The van der Waals surface area contributed by atoms with Crippen LogP contribution in [-0.2, 0) is 19.3 Å². The predicted octanol–water partition coefficient (Wildman–Crippen LogP) is 3.87. The highest BCUT2D eigenvalue weighted by molar-refractivity contribution is 5.75. The smallest absolute Gasteiger partial charge is 0.334 e. The van der Waals surface area contributed by atoms with E-state index < -0.39 is 23.6 Å². The van der Waals surface area contributed by atoms with E-state index in [1.807, 2.05) is 18.2 Å². The third-order valence-corrected chi connectivity index (χ3v) is 5.51. The number of rotatable bonds is 4. The van der Waals surface area contributed by atoms with Gasteiger partial charge in [-0.25, -0.2) is 9.18 Å². The van der Waals surface area contributed by atoms with Crippen molar-refractivity contribution in [2.45, 2.75) is 19.3 Å². The molecule has 2 heterocycles. The van der Waals surface area contributed by atoms with Crippen LogP contribution in [-0.4, -0.2) is 42.0 Å². The number of alkyl halides is 3. The minimum absolute atomic E-state index is 0.0964. The van der Waals surface area contributed by atoms with Crippen LogP contribution in [0.25, 0.3) is 0 Å². The van der Waals surface area contributed by atoms with Crippen molar-refractivity contribution >= 4 is 6.03 Å². The minimum atomic E-state index is -4.67. The van der Waals surface area contributed by atoms with E-state index in [4.69, 9.17) is 0 Å². The summed E-state index contributed by atoms with van der Waals surface area (Å²) in [5.41, 5.74) is 0.128. The molecule has 0 aliphatic carbocycles. The van der Waals surface area contributed by atoms with Gasteiger partial charge >= 0.3 is 12.2 Å². The summed E-state index contributed by atoms with van der Waals surface area (Å²) in [4.78, 5) is 16.2. The molecule has 2 amide bonds. The number of nitrogens with one attached hydrogen (secondary N) is 1. The third-order valence-electron chi connectivity index (χ3n) is 5.51. The number of carbonyl (C=O) groups excluding carboxylic acids is 1. The summed E-state index contributed by atoms with van der Waals surface area (Å²) >= 11 is 0. The Labute approximate surface area is 166 Å². The lowest BCUT2D eigenvalue weighted by atomic mass is 9.73. The monoisotopic (exact) mass is 407 g/mol. The summed E-state index contributed by atoms with van der Waals surface area (Å²) in [5.74, 6) is -0.956. The summed E-state index contributed by atoms with van der Waals surface area (Å²) in [7, 11) is 0. The number of likely N-dealkylation sites (tertiary alicyclic amines) is 2. The van der Waals surface area contributed by atoms with E-state index >= 15 is 0 Å². The van der Waals surface area contributed by atoms with Gasteiger partial charge in [0.05, 0.1) is 5.56 Å². The Balaban J connectivity index is 1.25. The van der Waals surface area contributed by atoms with Crippen LogP contribution in [0.2, 0.25) is 0 Å². The molecule has 29 heavy (non-hydrogen) atoms. The molecule has 8 heteroatoms. The van der Waals surface area contributed by atoms with Crippen LogP contribution in [0.1, 0.15) is 16.7 Å². The molecule has 2 aromatic carbocycles. The maximum atomic E-state index is 13.2. The first-order valence-electron chi connectivity index (χ1n) is 9.39. The number of nitrogens with zero attached hydrogens (tertiary/aromatic N) is 2. The summed E-state index contributed by atoms with van der Waals surface area (Å²) in [6.45, 7) is 3.58. The number of carbonyl (C=O) groups is 1. The molecule has 0 bridgehead atoms. The zero-order valence-corrected chi connectivity index (χ0v) is 15.7. The highest BCUT2D eigenvalue weighted by Gasteiger charge is 2.52. The highest BCUT2D eigenvalue weighted by Crippen LogP contribution is 2.40. The van der Waals surface area contributed by atoms with E-state index in [-0.39, 0.29) is 17.5 Å². The first kappa shape index (κ1) is 19.7. The minimum Gasteiger partial charge on any atom is -0.334 e. The molecule has 2 aliphatic heterocycles. The van der Waals surface area contributed by atoms with E-state index in [1.165, 1.54) is 5.56 Å². The van der Waals surface area contributed by atoms with Crippen LogP contribution in [0.5, 0.6) is 0 Å². The van der Waals surface area contributed by atoms with Gasteiger partial charge in [0.25, 0.3) is 0 Å². The fourth-order valence-corrected chi connectivity index (χ4v) is 4.21. The third kappa shape index (κ3) is 4.22. The van der Waals surface area contributed by atoms with Crippen LogP contribution >= 0.6 is 0 Å². The predicted molar refractivity (Wildman–Crippen MR) is 99.4 cm³/mol. The molecule has 2 fully saturated rings. The van der Waals surface area contributed by atoms with Gasteiger partial charge < -0.3 is 10.2 Å². The van der Waals surface area contributed by atoms with E-state index in [2.05, 4.69) is 22.3 Å². The van der Waals surface area contributed by atoms with Crippen LogP contribution in [0.15, 0.2) is 48.5 Å². The zero-order valence-electron chi connectivity index (χ0n) is 15.7. The Morgan fingerprint density at radius 1 is 1.03 bits per heavy atom. The summed E-state index contributed by atoms with van der Waals surface area (Å²) < 4.78 is 52.3.